The number of sulfonamides is 1. The van der Waals surface area contributed by atoms with E-state index in [2.05, 4.69) is 9.71 Å². The van der Waals surface area contributed by atoms with Crippen LogP contribution in [0, 0.1) is 22.7 Å². The first-order valence-electron chi connectivity index (χ1n) is 5.45. The Labute approximate surface area is 116 Å². The predicted molar refractivity (Wildman–Crippen MR) is 70.9 cm³/mol. The van der Waals surface area contributed by atoms with Gasteiger partial charge in [0.25, 0.3) is 10.0 Å². The number of nitrogens with one attached hydrogen (secondary N) is 1. The van der Waals surface area contributed by atoms with Crippen molar-refractivity contribution in [3.8, 4) is 12.1 Å². The number of anilines is 1. The average molecular weight is 284 g/mol. The van der Waals surface area contributed by atoms with Gasteiger partial charge in [0.15, 0.2) is 5.69 Å². The molecule has 0 spiro atoms. The van der Waals surface area contributed by atoms with E-state index in [4.69, 9.17) is 10.5 Å². The molecule has 20 heavy (non-hydrogen) atoms. The van der Waals surface area contributed by atoms with Gasteiger partial charge in [-0.2, -0.15) is 10.5 Å². The predicted octanol–water partition coefficient (Wildman–Crippen LogP) is 1.63. The molecule has 0 amide bonds. The quantitative estimate of drug-likeness (QED) is 0.921. The zero-order chi connectivity index (χ0) is 14.6. The number of rotatable bonds is 3. The highest BCUT2D eigenvalue weighted by atomic mass is 32.2. The summed E-state index contributed by atoms with van der Waals surface area (Å²) in [5.41, 5.74) is 0.149. The molecule has 1 heterocycles. The zero-order valence-electron chi connectivity index (χ0n) is 10.1. The Balaban J connectivity index is 2.48. The largest absolute Gasteiger partial charge is 0.278 e. The van der Waals surface area contributed by atoms with Gasteiger partial charge in [-0.25, -0.2) is 13.4 Å². The van der Waals surface area contributed by atoms with Gasteiger partial charge in [-0.15, -0.1) is 0 Å². The molecule has 1 N–H and O–H groups in total. The molecule has 7 heteroatoms. The molecule has 0 aliphatic carbocycles. The van der Waals surface area contributed by atoms with Gasteiger partial charge >= 0.3 is 0 Å². The minimum Gasteiger partial charge on any atom is -0.278 e. The van der Waals surface area contributed by atoms with Crippen molar-refractivity contribution >= 4 is 15.7 Å². The molecule has 0 unspecified atom stereocenters. The van der Waals surface area contributed by atoms with Gasteiger partial charge in [-0.3, -0.25) is 4.72 Å². The molecule has 0 atom stereocenters. The Morgan fingerprint density at radius 1 is 1.05 bits per heavy atom. The summed E-state index contributed by atoms with van der Waals surface area (Å²) in [7, 11) is -3.97. The van der Waals surface area contributed by atoms with Gasteiger partial charge in [0.1, 0.15) is 17.0 Å². The fraction of sp³-hybridized carbons (Fsp3) is 0. The van der Waals surface area contributed by atoms with Crippen LogP contribution >= 0.6 is 0 Å². The molecule has 0 aliphatic heterocycles. The maximum atomic E-state index is 12.2. The van der Waals surface area contributed by atoms with Crippen molar-refractivity contribution in [3.05, 3.63) is 53.9 Å². The highest BCUT2D eigenvalue weighted by Crippen LogP contribution is 2.20. The van der Waals surface area contributed by atoms with Crippen LogP contribution in [-0.2, 0) is 10.0 Å². The van der Waals surface area contributed by atoms with Crippen LogP contribution in [0.2, 0.25) is 0 Å². The van der Waals surface area contributed by atoms with Crippen LogP contribution in [-0.4, -0.2) is 13.4 Å². The van der Waals surface area contributed by atoms with Crippen LogP contribution < -0.4 is 4.72 Å². The summed E-state index contributed by atoms with van der Waals surface area (Å²) < 4.78 is 26.8. The van der Waals surface area contributed by atoms with E-state index in [1.807, 2.05) is 6.07 Å². The molecule has 0 aliphatic rings. The standard InChI is InChI=1S/C13H8N4O2S/c14-8-10-4-1-2-5-11(10)17-20(18,19)13-6-3-7-16-12(13)9-15/h1-7,17H. The fourth-order valence-electron chi connectivity index (χ4n) is 1.56. The highest BCUT2D eigenvalue weighted by Gasteiger charge is 2.20. The second-order valence-electron chi connectivity index (χ2n) is 3.72. The van der Waals surface area contributed by atoms with Gasteiger partial charge in [0.05, 0.1) is 11.3 Å². The van der Waals surface area contributed by atoms with Gasteiger partial charge in [-0.1, -0.05) is 12.1 Å². The first kappa shape index (κ1) is 13.5. The number of nitrogens with zero attached hydrogens (tertiary/aromatic N) is 3. The topological polar surface area (TPSA) is 107 Å². The number of para-hydroxylation sites is 1. The first-order valence-corrected chi connectivity index (χ1v) is 6.94. The van der Waals surface area contributed by atoms with Crippen molar-refractivity contribution in [2.45, 2.75) is 4.90 Å². The van der Waals surface area contributed by atoms with Crippen molar-refractivity contribution in [3.63, 3.8) is 0 Å². The van der Waals surface area contributed by atoms with Crippen molar-refractivity contribution in [2.24, 2.45) is 0 Å². The van der Waals surface area contributed by atoms with E-state index in [9.17, 15) is 8.42 Å². The summed E-state index contributed by atoms with van der Waals surface area (Å²) in [5, 5.41) is 17.8. The third kappa shape index (κ3) is 2.58. The third-order valence-corrected chi connectivity index (χ3v) is 3.86. The molecule has 0 radical (unpaired) electrons. The normalized spacial score (nSPS) is 10.3. The van der Waals surface area contributed by atoms with Gasteiger partial charge in [-0.05, 0) is 24.3 Å². The van der Waals surface area contributed by atoms with E-state index in [-0.39, 0.29) is 21.8 Å². The van der Waals surface area contributed by atoms with E-state index in [0.29, 0.717) is 0 Å². The second kappa shape index (κ2) is 5.39. The minimum absolute atomic E-state index is 0.155. The van der Waals surface area contributed by atoms with Crippen LogP contribution in [0.25, 0.3) is 0 Å². The third-order valence-electron chi connectivity index (χ3n) is 2.46. The van der Waals surface area contributed by atoms with Crippen LogP contribution in [0.3, 0.4) is 0 Å². The van der Waals surface area contributed by atoms with Gasteiger partial charge in [0, 0.05) is 6.20 Å². The molecule has 0 bridgehead atoms. The van der Waals surface area contributed by atoms with Crippen LogP contribution in [0.15, 0.2) is 47.5 Å². The molecule has 1 aromatic carbocycles. The van der Waals surface area contributed by atoms with E-state index in [0.717, 1.165) is 0 Å². The van der Waals surface area contributed by atoms with Crippen LogP contribution in [0.4, 0.5) is 5.69 Å². The Bertz CT molecular complexity index is 832. The molecule has 6 nitrogen and oxygen atoms in total. The lowest BCUT2D eigenvalue weighted by Crippen LogP contribution is -2.15. The summed E-state index contributed by atoms with van der Waals surface area (Å²) in [6, 6.07) is 12.5. The molecular formula is C13H8N4O2S. The molecule has 2 rings (SSSR count). The minimum atomic E-state index is -3.97. The van der Waals surface area contributed by atoms with Crippen LogP contribution in [0.5, 0.6) is 0 Å². The number of pyridine rings is 1. The summed E-state index contributed by atoms with van der Waals surface area (Å²) in [4.78, 5) is 3.48. The molecule has 1 aromatic heterocycles. The first-order chi connectivity index (χ1) is 9.58. The molecule has 0 saturated heterocycles. The van der Waals surface area contributed by atoms with Gasteiger partial charge in [0.2, 0.25) is 0 Å². The lowest BCUT2D eigenvalue weighted by Gasteiger charge is -2.09. The van der Waals surface area contributed by atoms with Crippen LogP contribution in [0.1, 0.15) is 11.3 Å². The molecular weight excluding hydrogens is 276 g/mol. The Hall–Kier alpha value is -2.90. The summed E-state index contributed by atoms with van der Waals surface area (Å²) >= 11 is 0. The number of hydrogen-bond donors (Lipinski definition) is 1. The SMILES string of the molecule is N#Cc1ccccc1NS(=O)(=O)c1cccnc1C#N. The van der Waals surface area contributed by atoms with E-state index < -0.39 is 10.0 Å². The molecule has 0 saturated carbocycles. The maximum absolute atomic E-state index is 12.2. The lowest BCUT2D eigenvalue weighted by atomic mass is 10.2. The monoisotopic (exact) mass is 284 g/mol. The van der Waals surface area contributed by atoms with E-state index in [1.54, 1.807) is 18.2 Å². The number of aromatic nitrogens is 1. The number of benzene rings is 1. The molecule has 0 fully saturated rings. The Kier molecular flexibility index (Phi) is 3.65. The fourth-order valence-corrected chi connectivity index (χ4v) is 2.75. The Morgan fingerprint density at radius 2 is 1.80 bits per heavy atom. The zero-order valence-corrected chi connectivity index (χ0v) is 10.9. The van der Waals surface area contributed by atoms with Crippen molar-refractivity contribution in [2.75, 3.05) is 4.72 Å². The average Bonchev–Trinajstić information content (AvgIpc) is 2.47. The van der Waals surface area contributed by atoms with Crippen molar-refractivity contribution in [1.82, 2.24) is 4.98 Å². The number of nitriles is 2. The summed E-state index contributed by atoms with van der Waals surface area (Å²) in [6.07, 6.45) is 1.33. The highest BCUT2D eigenvalue weighted by molar-refractivity contribution is 7.92. The van der Waals surface area contributed by atoms with E-state index in [1.165, 1.54) is 30.5 Å². The van der Waals surface area contributed by atoms with Gasteiger partial charge < -0.3 is 0 Å². The Morgan fingerprint density at radius 3 is 2.50 bits per heavy atom. The maximum Gasteiger partial charge on any atom is 0.264 e. The second-order valence-corrected chi connectivity index (χ2v) is 5.38. The smallest absolute Gasteiger partial charge is 0.264 e. The van der Waals surface area contributed by atoms with Crippen molar-refractivity contribution < 1.29 is 8.42 Å². The lowest BCUT2D eigenvalue weighted by molar-refractivity contribution is 0.600. The molecule has 2 aromatic rings. The summed E-state index contributed by atoms with van der Waals surface area (Å²) in [5.74, 6) is 0. The number of hydrogen-bond acceptors (Lipinski definition) is 5. The molecule has 98 valence electrons. The van der Waals surface area contributed by atoms with Crippen molar-refractivity contribution in [1.29, 1.82) is 10.5 Å². The summed E-state index contributed by atoms with van der Waals surface area (Å²) in [6.45, 7) is 0. The van der Waals surface area contributed by atoms with E-state index >= 15 is 0 Å².